The van der Waals surface area contributed by atoms with Crippen molar-refractivity contribution < 1.29 is 5.11 Å². The third kappa shape index (κ3) is 12.2. The Kier molecular flexibility index (Phi) is 14.6. The minimum atomic E-state index is -0.0239. The fourth-order valence-corrected chi connectivity index (χ4v) is 5.56. The molecule has 0 saturated carbocycles. The minimum absolute atomic E-state index is 0.0239. The van der Waals surface area contributed by atoms with Crippen molar-refractivity contribution in [2.45, 2.75) is 127 Å². The van der Waals surface area contributed by atoms with Gasteiger partial charge in [0.15, 0.2) is 10.3 Å². The number of benzene rings is 1. The lowest BCUT2D eigenvalue weighted by atomic mass is 9.87. The molecule has 0 bridgehead atoms. The largest absolute Gasteiger partial charge is 0.506 e. The molecule has 0 amide bonds. The van der Waals surface area contributed by atoms with Gasteiger partial charge in [-0.3, -0.25) is 0 Å². The number of thioether (sulfide) groups is 2. The Morgan fingerprint density at radius 3 is 1.69 bits per heavy atom. The predicted octanol–water partition coefficient (Wildman–Crippen LogP) is 9.52. The topological polar surface area (TPSA) is 70.9 Å². The average molecular weight is 533 g/mol. The van der Waals surface area contributed by atoms with Gasteiger partial charge in [0.1, 0.15) is 5.75 Å². The van der Waals surface area contributed by atoms with Crippen LogP contribution in [0.3, 0.4) is 0 Å². The first kappa shape index (κ1) is 30.8. The number of rotatable bonds is 18. The van der Waals surface area contributed by atoms with Crippen LogP contribution in [0.4, 0.5) is 11.6 Å². The van der Waals surface area contributed by atoms with Crippen LogP contribution in [0.25, 0.3) is 0 Å². The molecule has 0 unspecified atom stereocenters. The summed E-state index contributed by atoms with van der Waals surface area (Å²) < 4.78 is 0. The highest BCUT2D eigenvalue weighted by molar-refractivity contribution is 7.99. The average Bonchev–Trinajstić information content (AvgIpc) is 2.83. The summed E-state index contributed by atoms with van der Waals surface area (Å²) in [6, 6.07) is 5.78. The van der Waals surface area contributed by atoms with Crippen molar-refractivity contribution in [2.24, 2.45) is 0 Å². The fraction of sp³-hybridized carbons (Fsp3) is 0.690. The molecule has 2 N–H and O–H groups in total. The molecule has 0 radical (unpaired) electrons. The molecular weight excluding hydrogens is 484 g/mol. The lowest BCUT2D eigenvalue weighted by molar-refractivity contribution is 0.473. The van der Waals surface area contributed by atoms with Crippen LogP contribution < -0.4 is 5.32 Å². The SMILES string of the molecule is CCCCCCCCSc1nc(Nc2ccc(C(C)(C)C)cc2O)nc(SCCCCCCCC)n1. The number of aromatic hydroxyl groups is 1. The molecule has 1 aromatic heterocycles. The summed E-state index contributed by atoms with van der Waals surface area (Å²) in [7, 11) is 0. The summed E-state index contributed by atoms with van der Waals surface area (Å²) in [5.74, 6) is 2.75. The number of anilines is 2. The van der Waals surface area contributed by atoms with Crippen molar-refractivity contribution in [2.75, 3.05) is 16.8 Å². The van der Waals surface area contributed by atoms with Crippen LogP contribution >= 0.6 is 23.5 Å². The highest BCUT2D eigenvalue weighted by Crippen LogP contribution is 2.32. The van der Waals surface area contributed by atoms with Crippen LogP contribution in [-0.4, -0.2) is 31.6 Å². The lowest BCUT2D eigenvalue weighted by Crippen LogP contribution is -2.11. The number of phenolic OH excluding ortho intramolecular Hbond substituents is 1. The van der Waals surface area contributed by atoms with E-state index in [-0.39, 0.29) is 11.2 Å². The Morgan fingerprint density at radius 1 is 0.722 bits per heavy atom. The third-order valence-corrected chi connectivity index (χ3v) is 8.03. The maximum atomic E-state index is 10.6. The quantitative estimate of drug-likeness (QED) is 0.112. The molecule has 0 spiro atoms. The molecule has 2 aromatic rings. The number of hydrogen-bond donors (Lipinski definition) is 2. The number of aromatic nitrogens is 3. The van der Waals surface area contributed by atoms with Crippen LogP contribution in [0.5, 0.6) is 5.75 Å². The zero-order chi connectivity index (χ0) is 26.2. The van der Waals surface area contributed by atoms with Gasteiger partial charge in [-0.25, -0.2) is 0 Å². The maximum Gasteiger partial charge on any atom is 0.232 e. The number of nitrogens with one attached hydrogen (secondary N) is 1. The van der Waals surface area contributed by atoms with Crippen LogP contribution in [0.15, 0.2) is 28.5 Å². The van der Waals surface area contributed by atoms with Gasteiger partial charge < -0.3 is 10.4 Å². The Hall–Kier alpha value is -1.47. The minimum Gasteiger partial charge on any atom is -0.506 e. The van der Waals surface area contributed by atoms with E-state index >= 15 is 0 Å². The molecule has 0 saturated heterocycles. The van der Waals surface area contributed by atoms with E-state index in [1.807, 2.05) is 18.2 Å². The van der Waals surface area contributed by atoms with Crippen LogP contribution in [0, 0.1) is 0 Å². The van der Waals surface area contributed by atoms with Gasteiger partial charge in [0, 0.05) is 11.5 Å². The first-order chi connectivity index (χ1) is 17.3. The van der Waals surface area contributed by atoms with Crippen molar-refractivity contribution in [1.82, 2.24) is 15.0 Å². The zero-order valence-corrected chi connectivity index (χ0v) is 24.9. The van der Waals surface area contributed by atoms with E-state index in [1.54, 1.807) is 23.5 Å². The summed E-state index contributed by atoms with van der Waals surface area (Å²) in [6.45, 7) is 10.9. The second-order valence-electron chi connectivity index (χ2n) is 10.6. The first-order valence-electron chi connectivity index (χ1n) is 14.0. The lowest BCUT2D eigenvalue weighted by Gasteiger charge is -2.20. The van der Waals surface area contributed by atoms with Gasteiger partial charge in [-0.2, -0.15) is 15.0 Å². The van der Waals surface area contributed by atoms with Gasteiger partial charge in [-0.15, -0.1) is 0 Å². The van der Waals surface area contributed by atoms with Crippen molar-refractivity contribution in [3.05, 3.63) is 23.8 Å². The Morgan fingerprint density at radius 2 is 1.22 bits per heavy atom. The van der Waals surface area contributed by atoms with Gasteiger partial charge in [-0.05, 0) is 36.0 Å². The van der Waals surface area contributed by atoms with Gasteiger partial charge in [0.25, 0.3) is 0 Å². The summed E-state index contributed by atoms with van der Waals surface area (Å²) in [5, 5.41) is 15.4. The van der Waals surface area contributed by atoms with Crippen LogP contribution in [0.1, 0.15) is 117 Å². The van der Waals surface area contributed by atoms with Crippen LogP contribution in [0.2, 0.25) is 0 Å². The molecule has 0 atom stereocenters. The monoisotopic (exact) mass is 532 g/mol. The second-order valence-corrected chi connectivity index (χ2v) is 12.7. The van der Waals surface area contributed by atoms with Crippen LogP contribution in [-0.2, 0) is 5.41 Å². The highest BCUT2D eigenvalue weighted by Gasteiger charge is 2.16. The molecule has 2 rings (SSSR count). The van der Waals surface area contributed by atoms with Crippen molar-refractivity contribution in [3.8, 4) is 5.75 Å². The molecule has 1 aromatic carbocycles. The fourth-order valence-electron chi connectivity index (χ4n) is 3.84. The van der Waals surface area contributed by atoms with Crippen molar-refractivity contribution >= 4 is 35.2 Å². The van der Waals surface area contributed by atoms with E-state index < -0.39 is 0 Å². The molecule has 0 aliphatic carbocycles. The standard InChI is InChI=1S/C29H48N4OS2/c1-6-8-10-12-14-16-20-35-27-31-26(30-24-19-18-23(22-25(24)34)29(3,4)5)32-28(33-27)36-21-17-15-13-11-9-7-2/h18-19,22,34H,6-17,20-21H2,1-5H3,(H,30,31,32,33). The second kappa shape index (κ2) is 17.1. The molecule has 0 fully saturated rings. The predicted molar refractivity (Wildman–Crippen MR) is 158 cm³/mol. The van der Waals surface area contributed by atoms with E-state index in [0.717, 1.165) is 27.4 Å². The van der Waals surface area contributed by atoms with Gasteiger partial charge in [0.2, 0.25) is 5.95 Å². The molecule has 7 heteroatoms. The number of phenols is 1. The van der Waals surface area contributed by atoms with Crippen molar-refractivity contribution in [3.63, 3.8) is 0 Å². The Bertz CT molecular complexity index is 850. The van der Waals surface area contributed by atoms with Gasteiger partial charge in [0.05, 0.1) is 5.69 Å². The summed E-state index contributed by atoms with van der Waals surface area (Å²) >= 11 is 3.42. The maximum absolute atomic E-state index is 10.6. The third-order valence-electron chi connectivity index (χ3n) is 6.16. The molecule has 1 heterocycles. The van der Waals surface area contributed by atoms with Gasteiger partial charge >= 0.3 is 0 Å². The van der Waals surface area contributed by atoms with E-state index in [2.05, 4.69) is 49.9 Å². The van der Waals surface area contributed by atoms with E-state index in [0.29, 0.717) is 11.6 Å². The van der Waals surface area contributed by atoms with Gasteiger partial charge in [-0.1, -0.05) is 128 Å². The number of unbranched alkanes of at least 4 members (excludes halogenated alkanes) is 10. The summed E-state index contributed by atoms with van der Waals surface area (Å²) in [5.41, 5.74) is 1.68. The normalized spacial score (nSPS) is 11.7. The number of hydrogen-bond acceptors (Lipinski definition) is 7. The zero-order valence-electron chi connectivity index (χ0n) is 23.2. The molecular formula is C29H48N4OS2. The molecule has 5 nitrogen and oxygen atoms in total. The Labute approximate surface area is 228 Å². The smallest absolute Gasteiger partial charge is 0.232 e. The Balaban J connectivity index is 2.02. The first-order valence-corrected chi connectivity index (χ1v) is 15.9. The molecule has 0 aliphatic rings. The number of nitrogens with zero attached hydrogens (tertiary/aromatic N) is 3. The van der Waals surface area contributed by atoms with E-state index in [9.17, 15) is 5.11 Å². The molecule has 36 heavy (non-hydrogen) atoms. The van der Waals surface area contributed by atoms with E-state index in [4.69, 9.17) is 4.98 Å². The summed E-state index contributed by atoms with van der Waals surface area (Å²) in [6.07, 6.45) is 15.4. The highest BCUT2D eigenvalue weighted by atomic mass is 32.2. The molecule has 0 aliphatic heterocycles. The van der Waals surface area contributed by atoms with E-state index in [1.165, 1.54) is 77.0 Å². The summed E-state index contributed by atoms with van der Waals surface area (Å²) in [4.78, 5) is 14.1. The van der Waals surface area contributed by atoms with Crippen molar-refractivity contribution in [1.29, 1.82) is 0 Å². The molecule has 202 valence electrons.